The number of aryl methyl sites for hydroxylation is 2. The predicted octanol–water partition coefficient (Wildman–Crippen LogP) is 11.8. The Balaban J connectivity index is 1.42. The van der Waals surface area contributed by atoms with Gasteiger partial charge >= 0.3 is 0 Å². The van der Waals surface area contributed by atoms with E-state index in [2.05, 4.69) is 169 Å². The summed E-state index contributed by atoms with van der Waals surface area (Å²) in [4.78, 5) is 15.7. The van der Waals surface area contributed by atoms with E-state index in [1.807, 2.05) is 0 Å². The highest BCUT2D eigenvalue weighted by molar-refractivity contribution is 6.09. The molecule has 4 nitrogen and oxygen atoms in total. The van der Waals surface area contributed by atoms with Gasteiger partial charge in [0, 0.05) is 21.9 Å². The Morgan fingerprint density at radius 1 is 0.429 bits per heavy atom. The van der Waals surface area contributed by atoms with Crippen molar-refractivity contribution in [3.8, 4) is 28.7 Å². The second kappa shape index (κ2) is 11.1. The molecule has 0 fully saturated rings. The zero-order valence-electron chi connectivity index (χ0n) is 29.7. The van der Waals surface area contributed by atoms with Crippen molar-refractivity contribution in [2.45, 2.75) is 66.2 Å². The number of aromatic nitrogens is 4. The first-order chi connectivity index (χ1) is 23.3. The second-order valence-electron chi connectivity index (χ2n) is 15.7. The lowest BCUT2D eigenvalue weighted by Crippen LogP contribution is -2.10. The summed E-state index contributed by atoms with van der Waals surface area (Å²) in [6.07, 6.45) is 0. The average Bonchev–Trinajstić information content (AvgIpc) is 3.40. The zero-order valence-corrected chi connectivity index (χ0v) is 29.7. The maximum Gasteiger partial charge on any atom is 0.238 e. The Bertz CT molecular complexity index is 2420. The summed E-state index contributed by atoms with van der Waals surface area (Å²) in [7, 11) is 0. The van der Waals surface area contributed by atoms with Crippen LogP contribution in [0.2, 0.25) is 0 Å². The molecule has 8 aromatic rings. The van der Waals surface area contributed by atoms with Crippen molar-refractivity contribution in [2.24, 2.45) is 0 Å². The molecule has 0 aliphatic rings. The van der Waals surface area contributed by atoms with Crippen molar-refractivity contribution in [3.05, 3.63) is 131 Å². The van der Waals surface area contributed by atoms with Crippen LogP contribution in [-0.4, -0.2) is 19.5 Å². The lowest BCUT2D eigenvalue weighted by molar-refractivity contribution is 0.590. The maximum atomic E-state index is 5.25. The molecule has 6 aromatic carbocycles. The third-order valence-electron chi connectivity index (χ3n) is 9.83. The standard InChI is InChI=1S/C45H42N4/c1-27-9-11-31-23-33(15-13-29(31)21-27)41-46-42(34-16-14-30-22-28(2)10-12-32(30)24-34)48-43(47-41)49-39-19-17-35(44(3,4)5)25-37(39)38-26-36(45(6,7)8)18-20-40(38)49/h9-26H,1-8H3. The van der Waals surface area contributed by atoms with Crippen LogP contribution in [0.1, 0.15) is 63.8 Å². The number of rotatable bonds is 3. The summed E-state index contributed by atoms with van der Waals surface area (Å²) in [6, 6.07) is 39.8. The number of hydrogen-bond donors (Lipinski definition) is 0. The van der Waals surface area contributed by atoms with Crippen molar-refractivity contribution >= 4 is 43.4 Å². The van der Waals surface area contributed by atoms with E-state index in [1.165, 1.54) is 43.8 Å². The third-order valence-corrected chi connectivity index (χ3v) is 9.83. The average molecular weight is 639 g/mol. The molecule has 0 unspecified atom stereocenters. The number of hydrogen-bond acceptors (Lipinski definition) is 3. The third kappa shape index (κ3) is 5.55. The molecular weight excluding hydrogens is 597 g/mol. The van der Waals surface area contributed by atoms with Crippen LogP contribution >= 0.6 is 0 Å². The molecule has 0 radical (unpaired) electrons. The van der Waals surface area contributed by atoms with Crippen LogP contribution < -0.4 is 0 Å². The van der Waals surface area contributed by atoms with Gasteiger partial charge in [-0.1, -0.05) is 125 Å². The van der Waals surface area contributed by atoms with Crippen LogP contribution in [-0.2, 0) is 10.8 Å². The fourth-order valence-electron chi connectivity index (χ4n) is 6.90. The fourth-order valence-corrected chi connectivity index (χ4v) is 6.90. The second-order valence-corrected chi connectivity index (χ2v) is 15.7. The molecule has 0 atom stereocenters. The van der Waals surface area contributed by atoms with Crippen LogP contribution in [0.4, 0.5) is 0 Å². The van der Waals surface area contributed by atoms with Crippen LogP contribution in [0.3, 0.4) is 0 Å². The summed E-state index contributed by atoms with van der Waals surface area (Å²) >= 11 is 0. The van der Waals surface area contributed by atoms with E-state index in [9.17, 15) is 0 Å². The molecule has 0 spiro atoms. The highest BCUT2D eigenvalue weighted by atomic mass is 15.2. The predicted molar refractivity (Wildman–Crippen MR) is 207 cm³/mol. The molecule has 49 heavy (non-hydrogen) atoms. The normalized spacial score (nSPS) is 12.5. The lowest BCUT2D eigenvalue weighted by atomic mass is 9.85. The molecule has 0 bridgehead atoms. The van der Waals surface area contributed by atoms with E-state index in [4.69, 9.17) is 15.0 Å². The fraction of sp³-hybridized carbons (Fsp3) is 0.222. The van der Waals surface area contributed by atoms with Gasteiger partial charge in [0.2, 0.25) is 5.95 Å². The summed E-state index contributed by atoms with van der Waals surface area (Å²) in [5.41, 5.74) is 9.21. The first kappa shape index (κ1) is 31.0. The van der Waals surface area contributed by atoms with Crippen molar-refractivity contribution < 1.29 is 0 Å². The number of benzene rings is 6. The quantitative estimate of drug-likeness (QED) is 0.193. The largest absolute Gasteiger partial charge is 0.278 e. The minimum atomic E-state index is 0.0149. The van der Waals surface area contributed by atoms with Crippen LogP contribution in [0, 0.1) is 13.8 Å². The van der Waals surface area contributed by atoms with Crippen molar-refractivity contribution in [2.75, 3.05) is 0 Å². The van der Waals surface area contributed by atoms with E-state index in [0.29, 0.717) is 17.6 Å². The SMILES string of the molecule is Cc1ccc2cc(-c3nc(-c4ccc5cc(C)ccc5c4)nc(-n4c5ccc(C(C)(C)C)cc5c5cc(C(C)(C)C)ccc54)n3)ccc2c1. The zero-order chi connectivity index (χ0) is 34.2. The molecule has 0 amide bonds. The van der Waals surface area contributed by atoms with Gasteiger partial charge in [-0.15, -0.1) is 0 Å². The molecule has 0 saturated carbocycles. The molecular formula is C45H42N4. The van der Waals surface area contributed by atoms with Gasteiger partial charge in [-0.3, -0.25) is 4.57 Å². The summed E-state index contributed by atoms with van der Waals surface area (Å²) in [6.45, 7) is 17.9. The lowest BCUT2D eigenvalue weighted by Gasteiger charge is -2.19. The van der Waals surface area contributed by atoms with E-state index < -0.39 is 0 Å². The van der Waals surface area contributed by atoms with Gasteiger partial charge < -0.3 is 0 Å². The Morgan fingerprint density at radius 3 is 1.27 bits per heavy atom. The molecule has 0 N–H and O–H groups in total. The minimum Gasteiger partial charge on any atom is -0.278 e. The smallest absolute Gasteiger partial charge is 0.238 e. The van der Waals surface area contributed by atoms with Gasteiger partial charge in [0.1, 0.15) is 0 Å². The molecule has 8 rings (SSSR count). The van der Waals surface area contributed by atoms with Crippen molar-refractivity contribution in [1.82, 2.24) is 19.5 Å². The van der Waals surface area contributed by atoms with Crippen LogP contribution in [0.15, 0.2) is 109 Å². The summed E-state index contributed by atoms with van der Waals surface area (Å²) < 4.78 is 2.23. The topological polar surface area (TPSA) is 43.6 Å². The van der Waals surface area contributed by atoms with Crippen LogP contribution in [0.25, 0.3) is 72.1 Å². The van der Waals surface area contributed by atoms with Gasteiger partial charge in [0.05, 0.1) is 11.0 Å². The summed E-state index contributed by atoms with van der Waals surface area (Å²) in [5.74, 6) is 1.92. The highest BCUT2D eigenvalue weighted by Crippen LogP contribution is 2.38. The van der Waals surface area contributed by atoms with Crippen LogP contribution in [0.5, 0.6) is 0 Å². The van der Waals surface area contributed by atoms with Gasteiger partial charge in [0.25, 0.3) is 0 Å². The van der Waals surface area contributed by atoms with Gasteiger partial charge in [-0.05, 0) is 93.7 Å². The van der Waals surface area contributed by atoms with E-state index in [1.54, 1.807) is 0 Å². The molecule has 2 heterocycles. The Labute approximate surface area is 288 Å². The number of fused-ring (bicyclic) bond motifs is 5. The first-order valence-electron chi connectivity index (χ1n) is 17.2. The first-order valence-corrected chi connectivity index (χ1v) is 17.2. The van der Waals surface area contributed by atoms with Gasteiger partial charge in [-0.25, -0.2) is 4.98 Å². The van der Waals surface area contributed by atoms with E-state index in [0.717, 1.165) is 32.9 Å². The Morgan fingerprint density at radius 2 is 0.837 bits per heavy atom. The highest BCUT2D eigenvalue weighted by Gasteiger charge is 2.23. The van der Waals surface area contributed by atoms with E-state index >= 15 is 0 Å². The molecule has 0 aliphatic carbocycles. The molecule has 242 valence electrons. The molecule has 0 aliphatic heterocycles. The molecule has 2 aromatic heterocycles. The Kier molecular flexibility index (Phi) is 7.01. The number of nitrogens with zero attached hydrogens (tertiary/aromatic N) is 4. The molecule has 0 saturated heterocycles. The van der Waals surface area contributed by atoms with E-state index in [-0.39, 0.29) is 10.8 Å². The monoisotopic (exact) mass is 638 g/mol. The van der Waals surface area contributed by atoms with Gasteiger partial charge in [-0.2, -0.15) is 9.97 Å². The summed E-state index contributed by atoms with van der Waals surface area (Å²) in [5, 5.41) is 7.14. The van der Waals surface area contributed by atoms with Gasteiger partial charge in [0.15, 0.2) is 11.6 Å². The molecule has 4 heteroatoms. The maximum absolute atomic E-state index is 5.25. The van der Waals surface area contributed by atoms with Crippen molar-refractivity contribution in [3.63, 3.8) is 0 Å². The minimum absolute atomic E-state index is 0.0149. The Hall–Kier alpha value is -5.35. The van der Waals surface area contributed by atoms with Crippen molar-refractivity contribution in [1.29, 1.82) is 0 Å².